The molecule has 0 aliphatic heterocycles. The molecule has 0 radical (unpaired) electrons. The molecule has 0 saturated carbocycles. The molecule has 0 unspecified atom stereocenters. The number of unbranched alkanes of at least 4 members (excludes halogenated alkanes) is 26. The van der Waals surface area contributed by atoms with Crippen LogP contribution >= 0.6 is 7.82 Å². The van der Waals surface area contributed by atoms with Crippen LogP contribution in [0.4, 0.5) is 0 Å². The summed E-state index contributed by atoms with van der Waals surface area (Å²) in [7, 11) is -4.56. The Hall–Kier alpha value is 1.67. The van der Waals surface area contributed by atoms with E-state index in [9.17, 15) is 9.46 Å². The van der Waals surface area contributed by atoms with Crippen molar-refractivity contribution < 1.29 is 80.0 Å². The fourth-order valence-electron chi connectivity index (χ4n) is 4.93. The van der Waals surface area contributed by atoms with E-state index in [4.69, 9.17) is 9.78 Å². The van der Waals surface area contributed by atoms with Gasteiger partial charge in [-0.05, 0) is 12.8 Å². The fraction of sp³-hybridized carbons (Fsp3) is 1.00. The number of phosphoric acid groups is 1. The maximum atomic E-state index is 11.7. The SMILES string of the molecule is CCCCCCCCCCCCCCCCOOP(=O)([O-])OOCCCCCCCCCCCCCCCC.[K+]. The fourth-order valence-corrected chi connectivity index (χ4v) is 5.36. The van der Waals surface area contributed by atoms with Gasteiger partial charge in [-0.15, -0.1) is 0 Å². The molecule has 0 saturated heterocycles. The van der Waals surface area contributed by atoms with Crippen molar-refractivity contribution in [3.8, 4) is 0 Å². The molecule has 0 amide bonds. The number of rotatable bonds is 34. The van der Waals surface area contributed by atoms with Gasteiger partial charge >= 0.3 is 59.2 Å². The molecule has 0 aliphatic carbocycles. The molecular weight excluding hydrogens is 550 g/mol. The Kier molecular flexibility index (Phi) is 40.4. The summed E-state index contributed by atoms with van der Waals surface area (Å²) in [5.74, 6) is 0. The first kappa shape index (κ1) is 43.8. The molecule has 0 aliphatic rings. The Morgan fingerprint density at radius 2 is 0.600 bits per heavy atom. The van der Waals surface area contributed by atoms with E-state index in [1.54, 1.807) is 0 Å². The van der Waals surface area contributed by atoms with Gasteiger partial charge in [0.2, 0.25) is 0 Å². The van der Waals surface area contributed by atoms with Gasteiger partial charge < -0.3 is 4.89 Å². The Labute approximate surface area is 292 Å². The first-order chi connectivity index (χ1) is 19.1. The standard InChI is InChI=1S/C32H67O6P.K/c1-3-5-7-9-11-13-15-17-19-21-23-25-27-29-31-35-37-39(33,34)38-36-32-30-28-26-24-22-20-18-16-14-12-10-8-6-4-2;/h3-32H2,1-2H3,(H,33,34);/q;+1/p-1. The van der Waals surface area contributed by atoms with Crippen molar-refractivity contribution in [1.29, 1.82) is 0 Å². The average molecular weight is 617 g/mol. The zero-order chi connectivity index (χ0) is 28.5. The molecule has 0 bridgehead atoms. The largest absolute Gasteiger partial charge is 1.00 e. The van der Waals surface area contributed by atoms with Crippen LogP contribution in [0.5, 0.6) is 0 Å². The summed E-state index contributed by atoms with van der Waals surface area (Å²) in [4.78, 5) is 21.3. The molecule has 6 nitrogen and oxygen atoms in total. The van der Waals surface area contributed by atoms with E-state index in [1.807, 2.05) is 0 Å². The first-order valence-corrected chi connectivity index (χ1v) is 18.5. The van der Waals surface area contributed by atoms with Gasteiger partial charge in [-0.25, -0.2) is 9.78 Å². The van der Waals surface area contributed by atoms with Crippen molar-refractivity contribution in [3.05, 3.63) is 0 Å². The Bertz CT molecular complexity index is 472. The zero-order valence-electron chi connectivity index (χ0n) is 27.1. The van der Waals surface area contributed by atoms with E-state index < -0.39 is 7.82 Å². The zero-order valence-corrected chi connectivity index (χ0v) is 31.1. The molecule has 0 aromatic heterocycles. The molecule has 40 heavy (non-hydrogen) atoms. The normalized spacial score (nSPS) is 11.7. The minimum Gasteiger partial charge on any atom is -0.753 e. The Balaban J connectivity index is 0. The van der Waals surface area contributed by atoms with Crippen LogP contribution in [0.1, 0.15) is 194 Å². The second kappa shape index (κ2) is 36.9. The van der Waals surface area contributed by atoms with Gasteiger partial charge in [0.1, 0.15) is 0 Å². The van der Waals surface area contributed by atoms with Crippen molar-refractivity contribution in [2.24, 2.45) is 0 Å². The Morgan fingerprint density at radius 3 is 0.825 bits per heavy atom. The minimum absolute atomic E-state index is 0. The summed E-state index contributed by atoms with van der Waals surface area (Å²) >= 11 is 0. The van der Waals surface area contributed by atoms with Gasteiger partial charge in [-0.3, -0.25) is 4.57 Å². The summed E-state index contributed by atoms with van der Waals surface area (Å²) in [5.41, 5.74) is 0. The van der Waals surface area contributed by atoms with Gasteiger partial charge in [-0.1, -0.05) is 181 Å². The van der Waals surface area contributed by atoms with Crippen LogP contribution in [-0.4, -0.2) is 13.2 Å². The minimum atomic E-state index is -4.56. The molecule has 236 valence electrons. The van der Waals surface area contributed by atoms with Crippen molar-refractivity contribution >= 4 is 7.82 Å². The van der Waals surface area contributed by atoms with E-state index in [-0.39, 0.29) is 64.6 Å². The van der Waals surface area contributed by atoms with Crippen LogP contribution in [0.15, 0.2) is 0 Å². The number of hydrogen-bond acceptors (Lipinski definition) is 6. The van der Waals surface area contributed by atoms with Crippen LogP contribution in [0, 0.1) is 0 Å². The molecule has 0 rings (SSSR count). The second-order valence-electron chi connectivity index (χ2n) is 11.4. The predicted octanol–water partition coefficient (Wildman–Crippen LogP) is 8.32. The third kappa shape index (κ3) is 37.7. The maximum Gasteiger partial charge on any atom is 1.00 e. The van der Waals surface area contributed by atoms with Crippen LogP contribution in [-0.2, 0) is 23.7 Å². The second-order valence-corrected chi connectivity index (χ2v) is 12.6. The van der Waals surface area contributed by atoms with Gasteiger partial charge in [0, 0.05) is 0 Å². The maximum absolute atomic E-state index is 11.7. The van der Waals surface area contributed by atoms with Gasteiger partial charge in [0.25, 0.3) is 0 Å². The van der Waals surface area contributed by atoms with Crippen molar-refractivity contribution in [3.63, 3.8) is 0 Å². The van der Waals surface area contributed by atoms with Gasteiger partial charge in [-0.2, -0.15) is 9.35 Å². The van der Waals surface area contributed by atoms with Crippen LogP contribution in [0.25, 0.3) is 0 Å². The van der Waals surface area contributed by atoms with Crippen LogP contribution < -0.4 is 56.3 Å². The third-order valence-corrected chi connectivity index (χ3v) is 8.03. The Morgan fingerprint density at radius 1 is 0.400 bits per heavy atom. The van der Waals surface area contributed by atoms with Crippen molar-refractivity contribution in [2.45, 2.75) is 194 Å². The van der Waals surface area contributed by atoms with Gasteiger partial charge in [0.05, 0.1) is 13.2 Å². The molecule has 0 atom stereocenters. The molecule has 0 spiro atoms. The average Bonchev–Trinajstić information content (AvgIpc) is 2.92. The number of hydrogen-bond donors (Lipinski definition) is 0. The quantitative estimate of drug-likeness (QED) is 0.0238. The molecule has 0 aromatic carbocycles. The summed E-state index contributed by atoms with van der Waals surface area (Å²) in [6.45, 7) is 5.01. The molecule has 0 heterocycles. The molecule has 0 fully saturated rings. The van der Waals surface area contributed by atoms with Crippen LogP contribution in [0.3, 0.4) is 0 Å². The van der Waals surface area contributed by atoms with E-state index in [0.717, 1.165) is 38.5 Å². The molecule has 0 N–H and O–H groups in total. The van der Waals surface area contributed by atoms with E-state index in [1.165, 1.54) is 141 Å². The molecule has 8 heteroatoms. The molecule has 0 aromatic rings. The summed E-state index contributed by atoms with van der Waals surface area (Å²) in [5, 5.41) is 0. The molecular formula is C32H66KO6P. The van der Waals surface area contributed by atoms with E-state index in [0.29, 0.717) is 0 Å². The van der Waals surface area contributed by atoms with Crippen molar-refractivity contribution in [2.75, 3.05) is 13.2 Å². The summed E-state index contributed by atoms with van der Waals surface area (Å²) in [6.07, 6.45) is 35.6. The van der Waals surface area contributed by atoms with Crippen LogP contribution in [0.2, 0.25) is 0 Å². The third-order valence-electron chi connectivity index (χ3n) is 7.45. The monoisotopic (exact) mass is 616 g/mol. The van der Waals surface area contributed by atoms with Gasteiger partial charge in [0.15, 0.2) is 0 Å². The summed E-state index contributed by atoms with van der Waals surface area (Å²) < 4.78 is 20.5. The summed E-state index contributed by atoms with van der Waals surface area (Å²) in [6, 6.07) is 0. The van der Waals surface area contributed by atoms with E-state index >= 15 is 0 Å². The topological polar surface area (TPSA) is 77.1 Å². The van der Waals surface area contributed by atoms with Crippen molar-refractivity contribution in [1.82, 2.24) is 0 Å². The predicted molar refractivity (Wildman–Crippen MR) is 162 cm³/mol. The smallest absolute Gasteiger partial charge is 0.753 e. The van der Waals surface area contributed by atoms with E-state index in [2.05, 4.69) is 23.2 Å². The first-order valence-electron chi connectivity index (χ1n) is 17.1.